The summed E-state index contributed by atoms with van der Waals surface area (Å²) in [7, 11) is 0. The molecule has 2 atom stereocenters. The van der Waals surface area contributed by atoms with Gasteiger partial charge in [0.05, 0.1) is 10.3 Å². The molecule has 5 heteroatoms. The van der Waals surface area contributed by atoms with Crippen LogP contribution in [0.1, 0.15) is 6.92 Å². The van der Waals surface area contributed by atoms with Crippen LogP contribution in [0.3, 0.4) is 0 Å². The van der Waals surface area contributed by atoms with Crippen molar-refractivity contribution in [3.05, 3.63) is 35.9 Å². The number of rotatable bonds is 5. The van der Waals surface area contributed by atoms with E-state index < -0.39 is 15.1 Å². The predicted octanol–water partition coefficient (Wildman–Crippen LogP) is 5.26. The number of hydrogen-bond donors (Lipinski definition) is 0. The van der Waals surface area contributed by atoms with E-state index >= 15 is 0 Å². The second-order valence-electron chi connectivity index (χ2n) is 3.03. The van der Waals surface area contributed by atoms with Crippen LogP contribution in [0.4, 0.5) is 0 Å². The van der Waals surface area contributed by atoms with Crippen molar-refractivity contribution in [1.29, 1.82) is 0 Å². The SMILES string of the molecule is C=C[C@](C)(Cl)[C@H](Cl)/C=C/C(=C/Cl)C(Cl)Cl. The first-order valence-corrected chi connectivity index (χ1v) is 6.20. The number of halogens is 5. The first-order chi connectivity index (χ1) is 6.85. The Balaban J connectivity index is 4.60. The Labute approximate surface area is 115 Å². The number of allylic oxidation sites excluding steroid dienone is 4. The maximum Gasteiger partial charge on any atom is 0.133 e. The standard InChI is InChI=1S/C10H11Cl5/c1-3-10(2,15)8(12)5-4-7(6-11)9(13)14/h3-6,8-9H,1H2,2H3/b5-4+,7-6-/t8-,10+/m1/s1. The molecule has 0 saturated heterocycles. The van der Waals surface area contributed by atoms with Crippen molar-refractivity contribution in [3.63, 3.8) is 0 Å². The highest BCUT2D eigenvalue weighted by atomic mass is 35.5. The molecule has 0 aromatic carbocycles. The molecule has 0 amide bonds. The average molecular weight is 308 g/mol. The van der Waals surface area contributed by atoms with E-state index in [1.807, 2.05) is 0 Å². The summed E-state index contributed by atoms with van der Waals surface area (Å²) in [6.07, 6.45) is 4.88. The Morgan fingerprint density at radius 1 is 1.33 bits per heavy atom. The van der Waals surface area contributed by atoms with Crippen molar-refractivity contribution in [1.82, 2.24) is 0 Å². The zero-order chi connectivity index (χ0) is 12.1. The summed E-state index contributed by atoms with van der Waals surface area (Å²) < 4.78 is 0. The van der Waals surface area contributed by atoms with Crippen molar-refractivity contribution < 1.29 is 0 Å². The van der Waals surface area contributed by atoms with Crippen LogP contribution in [-0.4, -0.2) is 15.1 Å². The van der Waals surface area contributed by atoms with Gasteiger partial charge in [0.2, 0.25) is 0 Å². The molecule has 0 nitrogen and oxygen atoms in total. The highest BCUT2D eigenvalue weighted by molar-refractivity contribution is 6.47. The van der Waals surface area contributed by atoms with Crippen molar-refractivity contribution in [2.75, 3.05) is 0 Å². The van der Waals surface area contributed by atoms with Gasteiger partial charge >= 0.3 is 0 Å². The fourth-order valence-electron chi connectivity index (χ4n) is 0.653. The molecule has 0 bridgehead atoms. The summed E-state index contributed by atoms with van der Waals surface area (Å²) >= 11 is 28.9. The van der Waals surface area contributed by atoms with Gasteiger partial charge in [-0.15, -0.1) is 53.0 Å². The van der Waals surface area contributed by atoms with Gasteiger partial charge in [0.1, 0.15) is 4.84 Å². The van der Waals surface area contributed by atoms with Gasteiger partial charge in [-0.3, -0.25) is 0 Å². The molecule has 0 aliphatic carbocycles. The quantitative estimate of drug-likeness (QED) is 0.369. The Bertz CT molecular complexity index is 265. The van der Waals surface area contributed by atoms with Crippen molar-refractivity contribution in [2.24, 2.45) is 0 Å². The smallest absolute Gasteiger partial charge is 0.116 e. The lowest BCUT2D eigenvalue weighted by molar-refractivity contribution is 0.801. The Morgan fingerprint density at radius 3 is 2.20 bits per heavy atom. The van der Waals surface area contributed by atoms with Gasteiger partial charge in [0.25, 0.3) is 0 Å². The van der Waals surface area contributed by atoms with Crippen LogP contribution >= 0.6 is 58.0 Å². The molecule has 0 aliphatic rings. The van der Waals surface area contributed by atoms with Crippen LogP contribution in [0.25, 0.3) is 0 Å². The van der Waals surface area contributed by atoms with E-state index in [1.54, 1.807) is 25.2 Å². The molecule has 0 aromatic rings. The summed E-state index contributed by atoms with van der Waals surface area (Å²) in [6.45, 7) is 5.35. The monoisotopic (exact) mass is 306 g/mol. The number of hydrogen-bond acceptors (Lipinski definition) is 0. The van der Waals surface area contributed by atoms with Gasteiger partial charge in [-0.1, -0.05) is 29.8 Å². The van der Waals surface area contributed by atoms with E-state index in [0.717, 1.165) is 0 Å². The molecule has 0 saturated carbocycles. The van der Waals surface area contributed by atoms with E-state index in [0.29, 0.717) is 5.57 Å². The van der Waals surface area contributed by atoms with Gasteiger partial charge in [-0.05, 0) is 12.5 Å². The summed E-state index contributed by atoms with van der Waals surface area (Å²) in [6, 6.07) is 0. The van der Waals surface area contributed by atoms with Crippen molar-refractivity contribution in [2.45, 2.75) is 22.0 Å². The van der Waals surface area contributed by atoms with Crippen molar-refractivity contribution in [3.8, 4) is 0 Å². The summed E-state index contributed by atoms with van der Waals surface area (Å²) in [5.74, 6) is 0. The second-order valence-corrected chi connectivity index (χ2v) is 5.63. The fraction of sp³-hybridized carbons (Fsp3) is 0.400. The van der Waals surface area contributed by atoms with E-state index in [-0.39, 0.29) is 0 Å². The van der Waals surface area contributed by atoms with Crippen LogP contribution in [0.15, 0.2) is 35.9 Å². The molecular weight excluding hydrogens is 297 g/mol. The van der Waals surface area contributed by atoms with Crippen LogP contribution in [0.5, 0.6) is 0 Å². The van der Waals surface area contributed by atoms with E-state index in [4.69, 9.17) is 58.0 Å². The van der Waals surface area contributed by atoms with E-state index in [2.05, 4.69) is 6.58 Å². The Morgan fingerprint density at radius 2 is 1.87 bits per heavy atom. The van der Waals surface area contributed by atoms with Crippen LogP contribution in [-0.2, 0) is 0 Å². The molecule has 0 N–H and O–H groups in total. The maximum absolute atomic E-state index is 6.06. The molecule has 0 rings (SSSR count). The first kappa shape index (κ1) is 15.7. The van der Waals surface area contributed by atoms with Gasteiger partial charge in [-0.25, -0.2) is 0 Å². The minimum Gasteiger partial charge on any atom is -0.116 e. The molecule has 0 aliphatic heterocycles. The zero-order valence-electron chi connectivity index (χ0n) is 8.06. The molecule has 15 heavy (non-hydrogen) atoms. The molecule has 0 aromatic heterocycles. The van der Waals surface area contributed by atoms with E-state index in [1.165, 1.54) is 5.54 Å². The van der Waals surface area contributed by atoms with Gasteiger partial charge in [0, 0.05) is 5.54 Å². The third-order valence-electron chi connectivity index (χ3n) is 1.77. The van der Waals surface area contributed by atoms with Crippen molar-refractivity contribution >= 4 is 58.0 Å². The normalized spacial score (nSPS) is 19.3. The minimum absolute atomic E-state index is 0.421. The largest absolute Gasteiger partial charge is 0.133 e. The number of alkyl halides is 4. The average Bonchev–Trinajstić information content (AvgIpc) is 2.17. The topological polar surface area (TPSA) is 0 Å². The lowest BCUT2D eigenvalue weighted by Crippen LogP contribution is -2.24. The summed E-state index contributed by atoms with van der Waals surface area (Å²) in [4.78, 5) is -1.41. The minimum atomic E-state index is -0.719. The molecule has 0 heterocycles. The Kier molecular flexibility index (Phi) is 7.40. The Hall–Kier alpha value is 0.670. The molecule has 0 unspecified atom stereocenters. The van der Waals surface area contributed by atoms with Gasteiger partial charge in [0.15, 0.2) is 0 Å². The molecular formula is C10H11Cl5. The zero-order valence-corrected chi connectivity index (χ0v) is 11.8. The third-order valence-corrected chi connectivity index (χ3v) is 3.63. The molecule has 0 radical (unpaired) electrons. The fourth-order valence-corrected chi connectivity index (χ4v) is 1.49. The van der Waals surface area contributed by atoms with Gasteiger partial charge in [-0.2, -0.15) is 0 Å². The maximum atomic E-state index is 6.06. The molecule has 86 valence electrons. The predicted molar refractivity (Wildman–Crippen MR) is 72.7 cm³/mol. The van der Waals surface area contributed by atoms with Gasteiger partial charge < -0.3 is 0 Å². The van der Waals surface area contributed by atoms with E-state index in [9.17, 15) is 0 Å². The van der Waals surface area contributed by atoms with Crippen LogP contribution < -0.4 is 0 Å². The summed E-state index contributed by atoms with van der Waals surface area (Å²) in [5.41, 5.74) is 1.85. The summed E-state index contributed by atoms with van der Waals surface area (Å²) in [5, 5.41) is -0.421. The van der Waals surface area contributed by atoms with Crippen LogP contribution in [0, 0.1) is 0 Å². The highest BCUT2D eigenvalue weighted by Gasteiger charge is 2.24. The second kappa shape index (κ2) is 7.09. The van der Waals surface area contributed by atoms with Crippen LogP contribution in [0.2, 0.25) is 0 Å². The molecule has 0 spiro atoms. The first-order valence-electron chi connectivity index (χ1n) is 4.08. The lowest BCUT2D eigenvalue weighted by Gasteiger charge is -2.20. The highest BCUT2D eigenvalue weighted by Crippen LogP contribution is 2.27. The lowest BCUT2D eigenvalue weighted by atomic mass is 10.1. The third kappa shape index (κ3) is 5.51. The molecule has 0 fully saturated rings.